The molecule has 0 fully saturated rings. The fourth-order valence-electron chi connectivity index (χ4n) is 3.18. The van der Waals surface area contributed by atoms with Crippen LogP contribution in [-0.2, 0) is 6.54 Å². The molecule has 0 N–H and O–H groups in total. The number of hydrogen-bond acceptors (Lipinski definition) is 2. The van der Waals surface area contributed by atoms with E-state index >= 15 is 0 Å². The van der Waals surface area contributed by atoms with Gasteiger partial charge in [0.15, 0.2) is 0 Å². The van der Waals surface area contributed by atoms with Gasteiger partial charge in [0.1, 0.15) is 18.2 Å². The van der Waals surface area contributed by atoms with Gasteiger partial charge in [-0.3, -0.25) is 0 Å². The zero-order chi connectivity index (χ0) is 17.9. The van der Waals surface area contributed by atoms with E-state index in [-0.39, 0.29) is 0 Å². The lowest BCUT2D eigenvalue weighted by atomic mass is 10.1. The van der Waals surface area contributed by atoms with Crippen molar-refractivity contribution in [3.05, 3.63) is 83.9 Å². The van der Waals surface area contributed by atoms with Crippen LogP contribution < -0.4 is 4.74 Å². The summed E-state index contributed by atoms with van der Waals surface area (Å²) in [6.07, 6.45) is 0. The third kappa shape index (κ3) is 3.33. The van der Waals surface area contributed by atoms with Gasteiger partial charge in [0, 0.05) is 5.56 Å². The molecule has 1 aromatic heterocycles. The standard InChI is InChI=1S/C23H22N2O/c1-17-10-12-19(13-11-17)23-24-21-8-3-4-9-22(21)25(23)14-15-26-20-7-5-6-18(2)16-20/h3-13,16H,14-15H2,1-2H3. The molecule has 4 rings (SSSR count). The molecule has 0 bridgehead atoms. The highest BCUT2D eigenvalue weighted by molar-refractivity contribution is 5.80. The van der Waals surface area contributed by atoms with E-state index < -0.39 is 0 Å². The average Bonchev–Trinajstić information content (AvgIpc) is 3.01. The molecule has 130 valence electrons. The Morgan fingerprint density at radius 3 is 2.46 bits per heavy atom. The normalized spacial score (nSPS) is 11.0. The first-order valence-electron chi connectivity index (χ1n) is 8.92. The Hall–Kier alpha value is -3.07. The molecule has 0 aliphatic rings. The minimum Gasteiger partial charge on any atom is -0.492 e. The molecule has 3 heteroatoms. The van der Waals surface area contributed by atoms with Gasteiger partial charge < -0.3 is 9.30 Å². The quantitative estimate of drug-likeness (QED) is 0.485. The number of imidazole rings is 1. The van der Waals surface area contributed by atoms with Gasteiger partial charge in [0.05, 0.1) is 17.6 Å². The minimum atomic E-state index is 0.600. The Labute approximate surface area is 153 Å². The van der Waals surface area contributed by atoms with E-state index in [9.17, 15) is 0 Å². The van der Waals surface area contributed by atoms with E-state index in [4.69, 9.17) is 9.72 Å². The molecule has 0 radical (unpaired) electrons. The minimum absolute atomic E-state index is 0.600. The summed E-state index contributed by atoms with van der Waals surface area (Å²) < 4.78 is 8.22. The van der Waals surface area contributed by atoms with Crippen LogP contribution in [0.5, 0.6) is 5.75 Å². The first-order valence-corrected chi connectivity index (χ1v) is 8.92. The summed E-state index contributed by atoms with van der Waals surface area (Å²) >= 11 is 0. The molecule has 1 heterocycles. The maximum absolute atomic E-state index is 5.97. The van der Waals surface area contributed by atoms with Gasteiger partial charge in [-0.25, -0.2) is 4.98 Å². The third-order valence-electron chi connectivity index (χ3n) is 4.54. The van der Waals surface area contributed by atoms with Gasteiger partial charge in [0.2, 0.25) is 0 Å². The molecule has 0 amide bonds. The van der Waals surface area contributed by atoms with Crippen LogP contribution in [-0.4, -0.2) is 16.2 Å². The number of fused-ring (bicyclic) bond motifs is 1. The van der Waals surface area contributed by atoms with E-state index in [2.05, 4.69) is 73.0 Å². The second kappa shape index (κ2) is 7.04. The molecule has 0 spiro atoms. The fraction of sp³-hybridized carbons (Fsp3) is 0.174. The first kappa shape index (κ1) is 16.4. The number of hydrogen-bond donors (Lipinski definition) is 0. The van der Waals surface area contributed by atoms with Gasteiger partial charge in [-0.2, -0.15) is 0 Å². The molecule has 0 saturated carbocycles. The van der Waals surface area contributed by atoms with E-state index in [1.54, 1.807) is 0 Å². The summed E-state index contributed by atoms with van der Waals surface area (Å²) in [6.45, 7) is 5.52. The fourth-order valence-corrected chi connectivity index (χ4v) is 3.18. The second-order valence-electron chi connectivity index (χ2n) is 6.61. The lowest BCUT2D eigenvalue weighted by Crippen LogP contribution is -2.09. The van der Waals surface area contributed by atoms with E-state index in [0.29, 0.717) is 6.61 Å². The van der Waals surface area contributed by atoms with Crippen molar-refractivity contribution >= 4 is 11.0 Å². The Morgan fingerprint density at radius 2 is 1.65 bits per heavy atom. The van der Waals surface area contributed by atoms with Gasteiger partial charge in [-0.05, 0) is 43.7 Å². The smallest absolute Gasteiger partial charge is 0.141 e. The maximum Gasteiger partial charge on any atom is 0.141 e. The Bertz CT molecular complexity index is 1030. The highest BCUT2D eigenvalue weighted by Gasteiger charge is 2.12. The summed E-state index contributed by atoms with van der Waals surface area (Å²) in [5.74, 6) is 1.89. The predicted molar refractivity (Wildman–Crippen MR) is 107 cm³/mol. The van der Waals surface area contributed by atoms with Gasteiger partial charge in [0.25, 0.3) is 0 Å². The average molecular weight is 342 g/mol. The monoisotopic (exact) mass is 342 g/mol. The number of benzene rings is 3. The number of nitrogens with zero attached hydrogens (tertiary/aromatic N) is 2. The molecule has 0 saturated heterocycles. The van der Waals surface area contributed by atoms with Crippen molar-refractivity contribution in [3.63, 3.8) is 0 Å². The summed E-state index contributed by atoms with van der Waals surface area (Å²) in [7, 11) is 0. The third-order valence-corrected chi connectivity index (χ3v) is 4.54. The summed E-state index contributed by atoms with van der Waals surface area (Å²) in [4.78, 5) is 4.86. The molecule has 4 aromatic rings. The number of para-hydroxylation sites is 2. The molecule has 0 aliphatic carbocycles. The molecule has 3 nitrogen and oxygen atoms in total. The van der Waals surface area contributed by atoms with Crippen LogP contribution in [0.15, 0.2) is 72.8 Å². The van der Waals surface area contributed by atoms with Crippen LogP contribution in [0.2, 0.25) is 0 Å². The van der Waals surface area contributed by atoms with Crippen molar-refractivity contribution < 1.29 is 4.74 Å². The zero-order valence-corrected chi connectivity index (χ0v) is 15.1. The lowest BCUT2D eigenvalue weighted by Gasteiger charge is -2.11. The Kier molecular flexibility index (Phi) is 4.44. The van der Waals surface area contributed by atoms with Gasteiger partial charge in [-0.1, -0.05) is 54.1 Å². The summed E-state index contributed by atoms with van der Waals surface area (Å²) in [6, 6.07) is 24.9. The van der Waals surface area contributed by atoms with Gasteiger partial charge >= 0.3 is 0 Å². The van der Waals surface area contributed by atoms with E-state index in [0.717, 1.165) is 34.7 Å². The Morgan fingerprint density at radius 1 is 0.846 bits per heavy atom. The SMILES string of the molecule is Cc1ccc(-c2nc3ccccc3n2CCOc2cccc(C)c2)cc1. The van der Waals surface area contributed by atoms with E-state index in [1.807, 2.05) is 18.2 Å². The summed E-state index contributed by atoms with van der Waals surface area (Å²) in [5, 5.41) is 0. The van der Waals surface area contributed by atoms with Crippen LogP contribution in [0.1, 0.15) is 11.1 Å². The molecule has 0 unspecified atom stereocenters. The van der Waals surface area contributed by atoms with E-state index in [1.165, 1.54) is 11.1 Å². The topological polar surface area (TPSA) is 27.1 Å². The predicted octanol–water partition coefficient (Wildman–Crippen LogP) is 5.40. The molecule has 3 aromatic carbocycles. The van der Waals surface area contributed by atoms with Crippen LogP contribution in [0.4, 0.5) is 0 Å². The molecular weight excluding hydrogens is 320 g/mol. The van der Waals surface area contributed by atoms with Gasteiger partial charge in [-0.15, -0.1) is 0 Å². The lowest BCUT2D eigenvalue weighted by molar-refractivity contribution is 0.300. The molecule has 26 heavy (non-hydrogen) atoms. The zero-order valence-electron chi connectivity index (χ0n) is 15.1. The molecular formula is C23H22N2O. The molecule has 0 aliphatic heterocycles. The number of aromatic nitrogens is 2. The summed E-state index contributed by atoms with van der Waals surface area (Å²) in [5.41, 5.74) is 5.73. The van der Waals surface area contributed by atoms with Crippen LogP contribution >= 0.6 is 0 Å². The van der Waals surface area contributed by atoms with Crippen molar-refractivity contribution in [2.45, 2.75) is 20.4 Å². The number of rotatable bonds is 5. The second-order valence-corrected chi connectivity index (χ2v) is 6.61. The van der Waals surface area contributed by atoms with Crippen molar-refractivity contribution in [2.75, 3.05) is 6.61 Å². The van der Waals surface area contributed by atoms with Crippen LogP contribution in [0.25, 0.3) is 22.4 Å². The number of aryl methyl sites for hydroxylation is 2. The maximum atomic E-state index is 5.97. The van der Waals surface area contributed by atoms with Crippen molar-refractivity contribution in [2.24, 2.45) is 0 Å². The number of ether oxygens (including phenoxy) is 1. The van der Waals surface area contributed by atoms with Crippen molar-refractivity contribution in [1.82, 2.24) is 9.55 Å². The largest absolute Gasteiger partial charge is 0.492 e. The highest BCUT2D eigenvalue weighted by Crippen LogP contribution is 2.25. The molecule has 0 atom stereocenters. The highest BCUT2D eigenvalue weighted by atomic mass is 16.5. The van der Waals surface area contributed by atoms with Crippen molar-refractivity contribution in [1.29, 1.82) is 0 Å². The first-order chi connectivity index (χ1) is 12.7. The van der Waals surface area contributed by atoms with Crippen LogP contribution in [0.3, 0.4) is 0 Å². The van der Waals surface area contributed by atoms with Crippen molar-refractivity contribution in [3.8, 4) is 17.1 Å². The van der Waals surface area contributed by atoms with Crippen LogP contribution in [0, 0.1) is 13.8 Å². The Balaban J connectivity index is 1.64.